The van der Waals surface area contributed by atoms with Gasteiger partial charge < -0.3 is 5.73 Å². The fraction of sp³-hybridized carbons (Fsp3) is 0.0833. The van der Waals surface area contributed by atoms with E-state index < -0.39 is 11.7 Å². The van der Waals surface area contributed by atoms with Crippen molar-refractivity contribution in [3.8, 4) is 11.5 Å². The SMILES string of the molecule is Nc1cccnc1-c1nnc2ccc(C(F)(F)F)cn12. The number of nitrogen functional groups attached to an aromatic ring is 1. The van der Waals surface area contributed by atoms with Crippen LogP contribution in [0, 0.1) is 0 Å². The third-order valence-corrected chi connectivity index (χ3v) is 2.78. The smallest absolute Gasteiger partial charge is 0.397 e. The molecule has 8 heteroatoms. The summed E-state index contributed by atoms with van der Waals surface area (Å²) in [6.45, 7) is 0. The van der Waals surface area contributed by atoms with Gasteiger partial charge in [-0.25, -0.2) is 0 Å². The van der Waals surface area contributed by atoms with Gasteiger partial charge in [0.25, 0.3) is 0 Å². The lowest BCUT2D eigenvalue weighted by molar-refractivity contribution is -0.137. The number of alkyl halides is 3. The topological polar surface area (TPSA) is 69.1 Å². The van der Waals surface area contributed by atoms with Gasteiger partial charge in [-0.1, -0.05) is 0 Å². The molecule has 0 amide bonds. The number of fused-ring (bicyclic) bond motifs is 1. The minimum atomic E-state index is -4.44. The van der Waals surface area contributed by atoms with Crippen LogP contribution in [0.4, 0.5) is 18.9 Å². The average molecular weight is 279 g/mol. The van der Waals surface area contributed by atoms with E-state index in [0.29, 0.717) is 11.4 Å². The number of hydrogen-bond acceptors (Lipinski definition) is 4. The van der Waals surface area contributed by atoms with Crippen molar-refractivity contribution in [2.75, 3.05) is 5.73 Å². The van der Waals surface area contributed by atoms with E-state index in [1.807, 2.05) is 0 Å². The van der Waals surface area contributed by atoms with E-state index in [1.165, 1.54) is 16.7 Å². The van der Waals surface area contributed by atoms with Gasteiger partial charge in [-0.3, -0.25) is 9.38 Å². The summed E-state index contributed by atoms with van der Waals surface area (Å²) in [6.07, 6.45) is -2.02. The molecule has 3 rings (SSSR count). The molecule has 3 heterocycles. The van der Waals surface area contributed by atoms with Crippen LogP contribution in [0.25, 0.3) is 17.2 Å². The van der Waals surface area contributed by atoms with Crippen molar-refractivity contribution >= 4 is 11.3 Å². The van der Waals surface area contributed by atoms with Crippen molar-refractivity contribution in [1.82, 2.24) is 19.6 Å². The van der Waals surface area contributed by atoms with Crippen LogP contribution in [0.5, 0.6) is 0 Å². The monoisotopic (exact) mass is 279 g/mol. The van der Waals surface area contributed by atoms with Gasteiger partial charge in [0, 0.05) is 12.4 Å². The molecule has 0 spiro atoms. The second kappa shape index (κ2) is 4.19. The Bertz CT molecular complexity index is 778. The Kier molecular flexibility index (Phi) is 2.60. The van der Waals surface area contributed by atoms with Crippen molar-refractivity contribution < 1.29 is 13.2 Å². The Labute approximate surface area is 110 Å². The number of rotatable bonds is 1. The fourth-order valence-corrected chi connectivity index (χ4v) is 1.82. The van der Waals surface area contributed by atoms with Gasteiger partial charge in [-0.2, -0.15) is 13.2 Å². The molecule has 0 aromatic carbocycles. The van der Waals surface area contributed by atoms with Crippen molar-refractivity contribution in [2.45, 2.75) is 6.18 Å². The van der Waals surface area contributed by atoms with Crippen molar-refractivity contribution in [1.29, 1.82) is 0 Å². The number of halogens is 3. The molecule has 0 aliphatic carbocycles. The first-order valence-electron chi connectivity index (χ1n) is 5.59. The molecule has 0 aliphatic rings. The highest BCUT2D eigenvalue weighted by Crippen LogP contribution is 2.30. The second-order valence-electron chi connectivity index (χ2n) is 4.11. The van der Waals surface area contributed by atoms with Crippen LogP contribution in [0.3, 0.4) is 0 Å². The van der Waals surface area contributed by atoms with E-state index in [-0.39, 0.29) is 11.5 Å². The second-order valence-corrected chi connectivity index (χ2v) is 4.11. The molecule has 0 aliphatic heterocycles. The summed E-state index contributed by atoms with van der Waals surface area (Å²) >= 11 is 0. The molecule has 0 bridgehead atoms. The summed E-state index contributed by atoms with van der Waals surface area (Å²) in [5.74, 6) is 0.171. The summed E-state index contributed by atoms with van der Waals surface area (Å²) < 4.78 is 39.4. The summed E-state index contributed by atoms with van der Waals surface area (Å²) in [5.41, 5.74) is 5.87. The van der Waals surface area contributed by atoms with E-state index in [0.717, 1.165) is 12.3 Å². The average Bonchev–Trinajstić information content (AvgIpc) is 2.81. The Balaban J connectivity index is 2.25. The molecular weight excluding hydrogens is 271 g/mol. The molecule has 0 radical (unpaired) electrons. The zero-order valence-electron chi connectivity index (χ0n) is 9.96. The predicted molar refractivity (Wildman–Crippen MR) is 65.6 cm³/mol. The maximum atomic E-state index is 12.7. The molecule has 0 atom stereocenters. The first kappa shape index (κ1) is 12.4. The molecular formula is C12H8F3N5. The van der Waals surface area contributed by atoms with Gasteiger partial charge >= 0.3 is 6.18 Å². The predicted octanol–water partition coefficient (Wildman–Crippen LogP) is 2.39. The first-order valence-corrected chi connectivity index (χ1v) is 5.59. The molecule has 0 unspecified atom stereocenters. The van der Waals surface area contributed by atoms with Crippen molar-refractivity contribution in [3.05, 3.63) is 42.2 Å². The van der Waals surface area contributed by atoms with Gasteiger partial charge in [0.2, 0.25) is 0 Å². The third kappa shape index (κ3) is 1.94. The lowest BCUT2D eigenvalue weighted by Gasteiger charge is -2.07. The Morgan fingerprint density at radius 2 is 1.90 bits per heavy atom. The Morgan fingerprint density at radius 3 is 2.60 bits per heavy atom. The molecule has 102 valence electrons. The molecule has 0 saturated carbocycles. The lowest BCUT2D eigenvalue weighted by atomic mass is 10.2. The van der Waals surface area contributed by atoms with Crippen LogP contribution in [0.2, 0.25) is 0 Å². The van der Waals surface area contributed by atoms with Gasteiger partial charge in [-0.15, -0.1) is 10.2 Å². The number of pyridine rings is 2. The third-order valence-electron chi connectivity index (χ3n) is 2.78. The molecule has 3 aromatic heterocycles. The van der Waals surface area contributed by atoms with E-state index in [9.17, 15) is 13.2 Å². The van der Waals surface area contributed by atoms with Crippen LogP contribution in [-0.2, 0) is 6.18 Å². The van der Waals surface area contributed by atoms with E-state index in [1.54, 1.807) is 12.1 Å². The molecule has 0 saturated heterocycles. The van der Waals surface area contributed by atoms with Gasteiger partial charge in [0.1, 0.15) is 5.69 Å². The van der Waals surface area contributed by atoms with Crippen LogP contribution >= 0.6 is 0 Å². The summed E-state index contributed by atoms with van der Waals surface area (Å²) in [4.78, 5) is 4.03. The lowest BCUT2D eigenvalue weighted by Crippen LogP contribution is -2.07. The number of nitrogens with zero attached hydrogens (tertiary/aromatic N) is 4. The maximum Gasteiger partial charge on any atom is 0.417 e. The highest BCUT2D eigenvalue weighted by Gasteiger charge is 2.31. The first-order chi connectivity index (χ1) is 9.47. The molecule has 0 fully saturated rings. The van der Waals surface area contributed by atoms with E-state index >= 15 is 0 Å². The minimum absolute atomic E-state index is 0.171. The molecule has 5 nitrogen and oxygen atoms in total. The van der Waals surface area contributed by atoms with E-state index in [4.69, 9.17) is 5.73 Å². The Hall–Kier alpha value is -2.64. The van der Waals surface area contributed by atoms with Gasteiger partial charge in [-0.05, 0) is 24.3 Å². The quantitative estimate of drug-likeness (QED) is 0.742. The minimum Gasteiger partial charge on any atom is -0.397 e. The van der Waals surface area contributed by atoms with Gasteiger partial charge in [0.05, 0.1) is 11.3 Å². The van der Waals surface area contributed by atoms with Crippen LogP contribution < -0.4 is 5.73 Å². The normalized spacial score (nSPS) is 11.9. The van der Waals surface area contributed by atoms with Crippen molar-refractivity contribution in [3.63, 3.8) is 0 Å². The maximum absolute atomic E-state index is 12.7. The van der Waals surface area contributed by atoms with Crippen molar-refractivity contribution in [2.24, 2.45) is 0 Å². The number of aromatic nitrogens is 4. The summed E-state index contributed by atoms with van der Waals surface area (Å²) in [6, 6.07) is 5.42. The van der Waals surface area contributed by atoms with Crippen LogP contribution in [-0.4, -0.2) is 19.6 Å². The van der Waals surface area contributed by atoms with E-state index in [2.05, 4.69) is 15.2 Å². The standard InChI is InChI=1S/C12H8F3N5/c13-12(14,15)7-3-4-9-18-19-11(20(9)6-7)10-8(16)2-1-5-17-10/h1-6H,16H2. The Morgan fingerprint density at radius 1 is 1.10 bits per heavy atom. The highest BCUT2D eigenvalue weighted by molar-refractivity contribution is 5.68. The molecule has 3 aromatic rings. The fourth-order valence-electron chi connectivity index (χ4n) is 1.82. The zero-order chi connectivity index (χ0) is 14.3. The number of hydrogen-bond donors (Lipinski definition) is 1. The molecule has 2 N–H and O–H groups in total. The molecule has 20 heavy (non-hydrogen) atoms. The number of nitrogens with two attached hydrogens (primary N) is 1. The summed E-state index contributed by atoms with van der Waals surface area (Å²) in [7, 11) is 0. The number of anilines is 1. The largest absolute Gasteiger partial charge is 0.417 e. The van der Waals surface area contributed by atoms with Crippen LogP contribution in [0.1, 0.15) is 5.56 Å². The van der Waals surface area contributed by atoms with Gasteiger partial charge in [0.15, 0.2) is 11.5 Å². The zero-order valence-corrected chi connectivity index (χ0v) is 9.96. The van der Waals surface area contributed by atoms with Crippen LogP contribution in [0.15, 0.2) is 36.7 Å². The highest BCUT2D eigenvalue weighted by atomic mass is 19.4. The summed E-state index contributed by atoms with van der Waals surface area (Å²) in [5, 5.41) is 7.66.